The summed E-state index contributed by atoms with van der Waals surface area (Å²) in [5.74, 6) is 1.57. The van der Waals surface area contributed by atoms with Crippen LogP contribution < -0.4 is 10.2 Å². The molecule has 0 spiro atoms. The quantitative estimate of drug-likeness (QED) is 0.545. The van der Waals surface area contributed by atoms with Gasteiger partial charge < -0.3 is 15.0 Å². The highest BCUT2D eigenvalue weighted by molar-refractivity contribution is 5.78. The molecule has 5 heterocycles. The normalized spacial score (nSPS) is 19.3. The average molecular weight is 419 g/mol. The lowest BCUT2D eigenvalue weighted by Crippen LogP contribution is -2.40. The van der Waals surface area contributed by atoms with Crippen LogP contribution in [-0.4, -0.2) is 63.1 Å². The number of rotatable bonds is 4. The lowest BCUT2D eigenvalue weighted by Gasteiger charge is -2.28. The van der Waals surface area contributed by atoms with E-state index in [0.717, 1.165) is 34.1 Å². The van der Waals surface area contributed by atoms with Gasteiger partial charge in [0.25, 0.3) is 0 Å². The van der Waals surface area contributed by atoms with Gasteiger partial charge >= 0.3 is 0 Å². The summed E-state index contributed by atoms with van der Waals surface area (Å²) in [6.07, 6.45) is -0.284. The Hall–Kier alpha value is -3.33. The molecule has 0 amide bonds. The third-order valence-corrected chi connectivity index (χ3v) is 5.85. The molecule has 1 aromatic carbocycles. The zero-order chi connectivity index (χ0) is 20.9. The Morgan fingerprint density at radius 2 is 1.90 bits per heavy atom. The number of aryl methyl sites for hydroxylation is 1. The Balaban J connectivity index is 1.47. The predicted octanol–water partition coefficient (Wildman–Crippen LogP) is 3.01. The maximum Gasteiger partial charge on any atom is 0.160 e. The van der Waals surface area contributed by atoms with E-state index in [2.05, 4.69) is 5.32 Å². The number of para-hydroxylation sites is 2. The first-order valence-corrected chi connectivity index (χ1v) is 10.5. The van der Waals surface area contributed by atoms with Crippen molar-refractivity contribution in [2.45, 2.75) is 25.6 Å². The first kappa shape index (κ1) is 18.4. The fraction of sp³-hybridized carbons (Fsp3) is 0.364. The SMILES string of the molecule is Cc1nc2ccccc2nc1-c1cc2nc(N3CC[C@@H](F)C3)cc(NC3COC3)n2n1. The molecular formula is C22H22FN7O. The van der Waals surface area contributed by atoms with Gasteiger partial charge in [0, 0.05) is 18.7 Å². The second kappa shape index (κ2) is 7.12. The molecule has 0 saturated carbocycles. The molecule has 2 aliphatic heterocycles. The van der Waals surface area contributed by atoms with Crippen LogP contribution in [0, 0.1) is 6.92 Å². The molecule has 2 saturated heterocycles. The summed E-state index contributed by atoms with van der Waals surface area (Å²) < 4.78 is 20.9. The monoisotopic (exact) mass is 419 g/mol. The number of hydrogen-bond donors (Lipinski definition) is 1. The molecule has 1 atom stereocenters. The fourth-order valence-electron chi connectivity index (χ4n) is 4.13. The number of aromatic nitrogens is 5. The number of halogens is 1. The number of anilines is 2. The third kappa shape index (κ3) is 3.25. The minimum absolute atomic E-state index is 0.223. The molecule has 2 aliphatic rings. The zero-order valence-corrected chi connectivity index (χ0v) is 17.1. The molecule has 158 valence electrons. The Morgan fingerprint density at radius 1 is 1.10 bits per heavy atom. The van der Waals surface area contributed by atoms with Crippen LogP contribution in [0.4, 0.5) is 16.0 Å². The Bertz CT molecular complexity index is 1290. The number of alkyl halides is 1. The van der Waals surface area contributed by atoms with E-state index in [4.69, 9.17) is 24.8 Å². The predicted molar refractivity (Wildman–Crippen MR) is 116 cm³/mol. The summed E-state index contributed by atoms with van der Waals surface area (Å²) in [5, 5.41) is 8.28. The van der Waals surface area contributed by atoms with Crippen molar-refractivity contribution in [3.63, 3.8) is 0 Å². The first-order valence-electron chi connectivity index (χ1n) is 10.5. The molecule has 0 aliphatic carbocycles. The van der Waals surface area contributed by atoms with Crippen LogP contribution in [0.2, 0.25) is 0 Å². The van der Waals surface area contributed by atoms with E-state index in [9.17, 15) is 4.39 Å². The van der Waals surface area contributed by atoms with Crippen LogP contribution in [0.25, 0.3) is 28.1 Å². The van der Waals surface area contributed by atoms with Gasteiger partial charge in [0.15, 0.2) is 5.65 Å². The lowest BCUT2D eigenvalue weighted by molar-refractivity contribution is 0.0209. The van der Waals surface area contributed by atoms with Crippen molar-refractivity contribution in [1.82, 2.24) is 24.6 Å². The minimum Gasteiger partial charge on any atom is -0.377 e. The van der Waals surface area contributed by atoms with Crippen molar-refractivity contribution in [2.75, 3.05) is 36.5 Å². The van der Waals surface area contributed by atoms with Gasteiger partial charge in [0.1, 0.15) is 29.2 Å². The lowest BCUT2D eigenvalue weighted by atomic mass is 10.2. The van der Waals surface area contributed by atoms with E-state index in [1.807, 2.05) is 48.2 Å². The molecule has 0 bridgehead atoms. The Labute approximate surface area is 178 Å². The second-order valence-electron chi connectivity index (χ2n) is 8.16. The van der Waals surface area contributed by atoms with Crippen molar-refractivity contribution in [1.29, 1.82) is 0 Å². The van der Waals surface area contributed by atoms with Gasteiger partial charge in [-0.15, -0.1) is 0 Å². The van der Waals surface area contributed by atoms with E-state index in [0.29, 0.717) is 44.1 Å². The van der Waals surface area contributed by atoms with E-state index in [1.54, 1.807) is 4.52 Å². The van der Waals surface area contributed by atoms with Crippen LogP contribution in [-0.2, 0) is 4.74 Å². The maximum atomic E-state index is 13.8. The standard InChI is InChI=1S/C22H22FN7O/c1-13-22(26-17-5-3-2-4-16(17)24-13)18-8-20-27-19(29-7-6-14(23)10-29)9-21(30(20)28-18)25-15-11-31-12-15/h2-5,8-9,14-15,25H,6-7,10-12H2,1H3/t14-/m1/s1. The van der Waals surface area contributed by atoms with Crippen molar-refractivity contribution in [2.24, 2.45) is 0 Å². The molecule has 8 nitrogen and oxygen atoms in total. The van der Waals surface area contributed by atoms with Gasteiger partial charge in [-0.2, -0.15) is 9.61 Å². The van der Waals surface area contributed by atoms with E-state index in [1.165, 1.54) is 0 Å². The molecule has 31 heavy (non-hydrogen) atoms. The average Bonchev–Trinajstić information content (AvgIpc) is 3.36. The molecule has 0 unspecified atom stereocenters. The molecule has 3 aromatic heterocycles. The van der Waals surface area contributed by atoms with E-state index < -0.39 is 6.17 Å². The van der Waals surface area contributed by atoms with Crippen LogP contribution in [0.5, 0.6) is 0 Å². The van der Waals surface area contributed by atoms with Crippen LogP contribution >= 0.6 is 0 Å². The van der Waals surface area contributed by atoms with Crippen molar-refractivity contribution in [3.05, 3.63) is 42.1 Å². The van der Waals surface area contributed by atoms with Crippen LogP contribution in [0.15, 0.2) is 36.4 Å². The van der Waals surface area contributed by atoms with E-state index in [-0.39, 0.29) is 6.04 Å². The highest BCUT2D eigenvalue weighted by Crippen LogP contribution is 2.28. The number of ether oxygens (including phenoxy) is 1. The fourth-order valence-corrected chi connectivity index (χ4v) is 4.13. The van der Waals surface area contributed by atoms with Gasteiger partial charge in [-0.3, -0.25) is 0 Å². The van der Waals surface area contributed by atoms with Gasteiger partial charge in [-0.1, -0.05) is 12.1 Å². The summed E-state index contributed by atoms with van der Waals surface area (Å²) in [7, 11) is 0. The molecule has 6 rings (SSSR count). The topological polar surface area (TPSA) is 80.5 Å². The number of hydrogen-bond acceptors (Lipinski definition) is 7. The smallest absolute Gasteiger partial charge is 0.160 e. The van der Waals surface area contributed by atoms with Crippen molar-refractivity contribution >= 4 is 28.3 Å². The van der Waals surface area contributed by atoms with Crippen LogP contribution in [0.1, 0.15) is 12.1 Å². The van der Waals surface area contributed by atoms with Gasteiger partial charge in [-0.05, 0) is 25.5 Å². The minimum atomic E-state index is -0.814. The van der Waals surface area contributed by atoms with Crippen molar-refractivity contribution in [3.8, 4) is 11.4 Å². The molecule has 1 N–H and O–H groups in total. The van der Waals surface area contributed by atoms with Gasteiger partial charge in [-0.25, -0.2) is 19.3 Å². The van der Waals surface area contributed by atoms with Crippen LogP contribution in [0.3, 0.4) is 0 Å². The Morgan fingerprint density at radius 3 is 2.61 bits per heavy atom. The summed E-state index contributed by atoms with van der Waals surface area (Å²) in [5.41, 5.74) is 4.61. The van der Waals surface area contributed by atoms with Gasteiger partial charge in [0.2, 0.25) is 0 Å². The molecular weight excluding hydrogens is 397 g/mol. The third-order valence-electron chi connectivity index (χ3n) is 5.85. The number of benzene rings is 1. The maximum absolute atomic E-state index is 13.8. The highest BCUT2D eigenvalue weighted by atomic mass is 19.1. The zero-order valence-electron chi connectivity index (χ0n) is 17.1. The molecule has 2 fully saturated rings. The molecule has 9 heteroatoms. The number of fused-ring (bicyclic) bond motifs is 2. The first-order chi connectivity index (χ1) is 15.1. The highest BCUT2D eigenvalue weighted by Gasteiger charge is 2.26. The summed E-state index contributed by atoms with van der Waals surface area (Å²) in [4.78, 5) is 16.3. The summed E-state index contributed by atoms with van der Waals surface area (Å²) in [6.45, 7) is 4.27. The molecule has 4 aromatic rings. The largest absolute Gasteiger partial charge is 0.377 e. The molecule has 0 radical (unpaired) electrons. The van der Waals surface area contributed by atoms with Crippen molar-refractivity contribution < 1.29 is 9.13 Å². The summed E-state index contributed by atoms with van der Waals surface area (Å²) in [6, 6.07) is 11.9. The number of nitrogens with one attached hydrogen (secondary N) is 1. The number of nitrogens with zero attached hydrogens (tertiary/aromatic N) is 6. The Kier molecular flexibility index (Phi) is 4.24. The summed E-state index contributed by atoms with van der Waals surface area (Å²) >= 11 is 0. The van der Waals surface area contributed by atoms with E-state index >= 15 is 0 Å². The van der Waals surface area contributed by atoms with Gasteiger partial charge in [0.05, 0.1) is 42.5 Å². The second-order valence-corrected chi connectivity index (χ2v) is 8.16.